The molecule has 0 radical (unpaired) electrons. The molecular weight excluding hydrogens is 156 g/mol. The molecule has 0 saturated carbocycles. The maximum atomic E-state index is 11.2. The molecule has 0 aromatic rings. The Bertz CT molecular complexity index is 170. The van der Waals surface area contributed by atoms with Crippen LogP contribution < -0.4 is 5.73 Å². The smallest absolute Gasteiger partial charge is 0.410 e. The Morgan fingerprint density at radius 2 is 2.33 bits per heavy atom. The molecule has 1 amide bonds. The lowest BCUT2D eigenvalue weighted by Crippen LogP contribution is -2.33. The molecule has 1 atom stereocenters. The number of carbonyl (C=O) groups excluding carboxylic acids is 1. The van der Waals surface area contributed by atoms with Crippen LogP contribution in [0.25, 0.3) is 0 Å². The van der Waals surface area contributed by atoms with Crippen LogP contribution >= 0.6 is 0 Å². The van der Waals surface area contributed by atoms with E-state index in [2.05, 4.69) is 0 Å². The average molecular weight is 172 g/mol. The van der Waals surface area contributed by atoms with Crippen LogP contribution in [0, 0.1) is 0 Å². The number of amides is 1. The second-order valence-electron chi connectivity index (χ2n) is 3.43. The molecule has 2 N–H and O–H groups in total. The summed E-state index contributed by atoms with van der Waals surface area (Å²) in [4.78, 5) is 12.9. The van der Waals surface area contributed by atoms with Gasteiger partial charge in [-0.05, 0) is 20.3 Å². The number of nitrogens with zero attached hydrogens (tertiary/aromatic N) is 1. The van der Waals surface area contributed by atoms with E-state index in [4.69, 9.17) is 10.5 Å². The molecule has 0 aromatic heterocycles. The maximum Gasteiger partial charge on any atom is 0.410 e. The predicted molar refractivity (Wildman–Crippen MR) is 45.8 cm³/mol. The second-order valence-corrected chi connectivity index (χ2v) is 3.43. The molecule has 1 saturated heterocycles. The Morgan fingerprint density at radius 3 is 2.75 bits per heavy atom. The predicted octanol–water partition coefficient (Wildman–Crippen LogP) is 0.564. The maximum absolute atomic E-state index is 11.2. The summed E-state index contributed by atoms with van der Waals surface area (Å²) in [7, 11) is 0. The SMILES string of the molecule is CC(C)OC(=O)N1CC[C@H](N)C1. The van der Waals surface area contributed by atoms with Crippen LogP contribution in [0.4, 0.5) is 4.79 Å². The summed E-state index contributed by atoms with van der Waals surface area (Å²) in [5, 5.41) is 0. The van der Waals surface area contributed by atoms with E-state index >= 15 is 0 Å². The van der Waals surface area contributed by atoms with Crippen molar-refractivity contribution in [2.45, 2.75) is 32.4 Å². The Morgan fingerprint density at radius 1 is 1.67 bits per heavy atom. The topological polar surface area (TPSA) is 55.6 Å². The van der Waals surface area contributed by atoms with E-state index in [1.165, 1.54) is 0 Å². The minimum Gasteiger partial charge on any atom is -0.447 e. The van der Waals surface area contributed by atoms with Gasteiger partial charge in [0.1, 0.15) is 0 Å². The molecular formula is C8H16N2O2. The van der Waals surface area contributed by atoms with Gasteiger partial charge in [0.2, 0.25) is 0 Å². The van der Waals surface area contributed by atoms with Crippen LogP contribution in [0.2, 0.25) is 0 Å². The van der Waals surface area contributed by atoms with Crippen molar-refractivity contribution < 1.29 is 9.53 Å². The molecule has 4 heteroatoms. The summed E-state index contributed by atoms with van der Waals surface area (Å²) in [5.74, 6) is 0. The fourth-order valence-corrected chi connectivity index (χ4v) is 1.23. The van der Waals surface area contributed by atoms with E-state index in [0.29, 0.717) is 6.54 Å². The van der Waals surface area contributed by atoms with Crippen molar-refractivity contribution in [1.29, 1.82) is 0 Å². The highest BCUT2D eigenvalue weighted by molar-refractivity contribution is 5.68. The lowest BCUT2D eigenvalue weighted by molar-refractivity contribution is 0.0833. The van der Waals surface area contributed by atoms with Crippen molar-refractivity contribution in [1.82, 2.24) is 4.90 Å². The highest BCUT2D eigenvalue weighted by Crippen LogP contribution is 2.09. The molecule has 1 aliphatic heterocycles. The first-order valence-electron chi connectivity index (χ1n) is 4.30. The lowest BCUT2D eigenvalue weighted by atomic mass is 10.3. The molecule has 70 valence electrons. The van der Waals surface area contributed by atoms with Crippen LogP contribution in [-0.4, -0.2) is 36.2 Å². The van der Waals surface area contributed by atoms with Crippen LogP contribution in [-0.2, 0) is 4.74 Å². The van der Waals surface area contributed by atoms with E-state index in [1.807, 2.05) is 13.8 Å². The standard InChI is InChI=1S/C8H16N2O2/c1-6(2)12-8(11)10-4-3-7(9)5-10/h6-7H,3-5,9H2,1-2H3/t7-/m0/s1. The zero-order chi connectivity index (χ0) is 9.14. The van der Waals surface area contributed by atoms with Crippen LogP contribution in [0.5, 0.6) is 0 Å². The van der Waals surface area contributed by atoms with Crippen molar-refractivity contribution in [3.63, 3.8) is 0 Å². The Hall–Kier alpha value is -0.770. The molecule has 1 rings (SSSR count). The third kappa shape index (κ3) is 2.37. The Kier molecular flexibility index (Phi) is 2.92. The molecule has 0 aliphatic carbocycles. The van der Waals surface area contributed by atoms with Gasteiger partial charge in [0.15, 0.2) is 0 Å². The molecule has 1 aliphatic rings. The van der Waals surface area contributed by atoms with Crippen LogP contribution in [0.15, 0.2) is 0 Å². The van der Waals surface area contributed by atoms with Crippen molar-refractivity contribution in [3.8, 4) is 0 Å². The van der Waals surface area contributed by atoms with Crippen LogP contribution in [0.3, 0.4) is 0 Å². The number of likely N-dealkylation sites (tertiary alicyclic amines) is 1. The first-order valence-corrected chi connectivity index (χ1v) is 4.30. The highest BCUT2D eigenvalue weighted by atomic mass is 16.6. The second kappa shape index (κ2) is 3.76. The van der Waals surface area contributed by atoms with Gasteiger partial charge in [0, 0.05) is 19.1 Å². The van der Waals surface area contributed by atoms with Gasteiger partial charge in [-0.2, -0.15) is 0 Å². The number of rotatable bonds is 1. The number of ether oxygens (including phenoxy) is 1. The van der Waals surface area contributed by atoms with Crippen LogP contribution in [0.1, 0.15) is 20.3 Å². The summed E-state index contributed by atoms with van der Waals surface area (Å²) in [6.07, 6.45) is 0.597. The van der Waals surface area contributed by atoms with Gasteiger partial charge in [-0.15, -0.1) is 0 Å². The van der Waals surface area contributed by atoms with Crippen molar-refractivity contribution in [3.05, 3.63) is 0 Å². The minimum atomic E-state index is -0.238. The monoisotopic (exact) mass is 172 g/mol. The quantitative estimate of drug-likeness (QED) is 0.629. The summed E-state index contributed by atoms with van der Waals surface area (Å²) in [6.45, 7) is 5.04. The molecule has 0 aromatic carbocycles. The third-order valence-corrected chi connectivity index (χ3v) is 1.82. The van der Waals surface area contributed by atoms with Crippen molar-refractivity contribution in [2.24, 2.45) is 5.73 Å². The van der Waals surface area contributed by atoms with Crippen molar-refractivity contribution >= 4 is 6.09 Å². The average Bonchev–Trinajstić information content (AvgIpc) is 2.34. The summed E-state index contributed by atoms with van der Waals surface area (Å²) < 4.78 is 5.01. The normalized spacial score (nSPS) is 23.3. The first-order chi connectivity index (χ1) is 5.59. The van der Waals surface area contributed by atoms with Crippen molar-refractivity contribution in [2.75, 3.05) is 13.1 Å². The number of hydrogen-bond acceptors (Lipinski definition) is 3. The molecule has 1 fully saturated rings. The first kappa shape index (κ1) is 9.32. The summed E-state index contributed by atoms with van der Waals surface area (Å²) >= 11 is 0. The van der Waals surface area contributed by atoms with E-state index in [9.17, 15) is 4.79 Å². The van der Waals surface area contributed by atoms with Gasteiger partial charge in [0.05, 0.1) is 6.10 Å². The van der Waals surface area contributed by atoms with Gasteiger partial charge in [-0.3, -0.25) is 0 Å². The van der Waals surface area contributed by atoms with E-state index < -0.39 is 0 Å². The van der Waals surface area contributed by atoms with Gasteiger partial charge >= 0.3 is 6.09 Å². The molecule has 0 bridgehead atoms. The van der Waals surface area contributed by atoms with Gasteiger partial charge in [-0.1, -0.05) is 0 Å². The molecule has 12 heavy (non-hydrogen) atoms. The number of hydrogen-bond donors (Lipinski definition) is 1. The summed E-state index contributed by atoms with van der Waals surface area (Å²) in [6, 6.07) is 0.129. The molecule has 4 nitrogen and oxygen atoms in total. The largest absolute Gasteiger partial charge is 0.447 e. The van der Waals surface area contributed by atoms with E-state index in [-0.39, 0.29) is 18.2 Å². The van der Waals surface area contributed by atoms with Gasteiger partial charge < -0.3 is 15.4 Å². The minimum absolute atomic E-state index is 0.0469. The zero-order valence-electron chi connectivity index (χ0n) is 7.62. The van der Waals surface area contributed by atoms with E-state index in [0.717, 1.165) is 13.0 Å². The Balaban J connectivity index is 2.33. The van der Waals surface area contributed by atoms with Gasteiger partial charge in [0.25, 0.3) is 0 Å². The molecule has 0 unspecified atom stereocenters. The fraction of sp³-hybridized carbons (Fsp3) is 0.875. The highest BCUT2D eigenvalue weighted by Gasteiger charge is 2.24. The third-order valence-electron chi connectivity index (χ3n) is 1.82. The lowest BCUT2D eigenvalue weighted by Gasteiger charge is -2.17. The molecule has 0 spiro atoms. The van der Waals surface area contributed by atoms with Gasteiger partial charge in [-0.25, -0.2) is 4.79 Å². The fourth-order valence-electron chi connectivity index (χ4n) is 1.23. The number of carbonyl (C=O) groups is 1. The van der Waals surface area contributed by atoms with E-state index in [1.54, 1.807) is 4.90 Å². The summed E-state index contributed by atoms with van der Waals surface area (Å²) in [5.41, 5.74) is 5.64. The number of nitrogens with two attached hydrogens (primary N) is 1. The zero-order valence-corrected chi connectivity index (χ0v) is 7.62. The Labute approximate surface area is 72.7 Å². The molecule has 1 heterocycles.